The molecule has 0 amide bonds. The van der Waals surface area contributed by atoms with Crippen LogP contribution in [-0.2, 0) is 20.1 Å². The smallest absolute Gasteiger partial charge is 0 e. The van der Waals surface area contributed by atoms with E-state index in [2.05, 4.69) is 124 Å². The summed E-state index contributed by atoms with van der Waals surface area (Å²) in [6, 6.07) is 52.0. The van der Waals surface area contributed by atoms with E-state index in [0.29, 0.717) is 0 Å². The van der Waals surface area contributed by atoms with Gasteiger partial charge in [0.15, 0.2) is 0 Å². The molecule has 0 saturated carbocycles. The molecule has 5 heteroatoms. The summed E-state index contributed by atoms with van der Waals surface area (Å²) >= 11 is -1.79. The van der Waals surface area contributed by atoms with E-state index in [9.17, 15) is 0 Å². The van der Waals surface area contributed by atoms with Gasteiger partial charge in [-0.15, -0.1) is 17.7 Å². The van der Waals surface area contributed by atoms with Crippen molar-refractivity contribution in [2.75, 3.05) is 0 Å². The summed E-state index contributed by atoms with van der Waals surface area (Å²) in [6.07, 6.45) is 3.81. The molecule has 0 spiro atoms. The summed E-state index contributed by atoms with van der Waals surface area (Å²) in [6.45, 7) is 3.76. The van der Waals surface area contributed by atoms with Gasteiger partial charge in [0.25, 0.3) is 0 Å². The second kappa shape index (κ2) is 15.7. The molecular formula is C46H40GeIrN2O-2. The van der Waals surface area contributed by atoms with Gasteiger partial charge in [-0.05, 0) is 28.6 Å². The summed E-state index contributed by atoms with van der Waals surface area (Å²) in [5.41, 5.74) is 11.0. The Morgan fingerprint density at radius 3 is 2.08 bits per heavy atom. The number of hydrogen-bond donors (Lipinski definition) is 0. The average Bonchev–Trinajstić information content (AvgIpc) is 3.54. The largest absolute Gasteiger partial charge is 0 e. The first-order valence-electron chi connectivity index (χ1n) is 17.5. The molecule has 3 aromatic heterocycles. The van der Waals surface area contributed by atoms with Crippen LogP contribution < -0.4 is 4.40 Å². The molecule has 0 atom stereocenters. The molecule has 51 heavy (non-hydrogen) atoms. The molecule has 1 radical (unpaired) electrons. The Balaban J connectivity index is 0.000000182. The molecule has 0 unspecified atom stereocenters. The van der Waals surface area contributed by atoms with Crippen molar-refractivity contribution in [2.45, 2.75) is 37.0 Å². The molecule has 5 aromatic carbocycles. The minimum absolute atomic E-state index is 0. The second-order valence-corrected chi connectivity index (χ2v) is 24.4. The summed E-state index contributed by atoms with van der Waals surface area (Å²) in [5.74, 6) is 6.49. The topological polar surface area (TPSA) is 38.9 Å². The Bertz CT molecular complexity index is 2430. The fraction of sp³-hybridized carbons (Fsp3) is 0.130. The fourth-order valence-corrected chi connectivity index (χ4v) is 8.21. The molecule has 8 rings (SSSR count). The fourth-order valence-electron chi connectivity index (χ4n) is 6.04. The van der Waals surface area contributed by atoms with Crippen LogP contribution in [0.15, 0.2) is 150 Å². The maximum Gasteiger partial charge on any atom is 0 e. The number of fused-ring (bicyclic) bond motifs is 3. The molecule has 0 bridgehead atoms. The molecule has 255 valence electrons. The van der Waals surface area contributed by atoms with E-state index in [-0.39, 0.29) is 20.1 Å². The summed E-state index contributed by atoms with van der Waals surface area (Å²) < 4.78 is 16.0. The Labute approximate surface area is 318 Å². The van der Waals surface area contributed by atoms with Gasteiger partial charge < -0.3 is 9.40 Å². The van der Waals surface area contributed by atoms with Crippen molar-refractivity contribution in [1.82, 2.24) is 9.97 Å². The number of nitrogens with zero attached hydrogens (tertiary/aromatic N) is 2. The predicted molar refractivity (Wildman–Crippen MR) is 212 cm³/mol. The first-order valence-corrected chi connectivity index (χ1v) is 24.3. The van der Waals surface area contributed by atoms with Gasteiger partial charge in [-0.1, -0.05) is 85.5 Å². The third-order valence-corrected chi connectivity index (χ3v) is 13.2. The van der Waals surface area contributed by atoms with Gasteiger partial charge in [0.1, 0.15) is 5.58 Å². The van der Waals surface area contributed by atoms with Crippen LogP contribution in [0.4, 0.5) is 0 Å². The number of hydrogen-bond acceptors (Lipinski definition) is 3. The van der Waals surface area contributed by atoms with E-state index >= 15 is 0 Å². The minimum Gasteiger partial charge on any atom is 0 e. The van der Waals surface area contributed by atoms with E-state index in [1.165, 1.54) is 15.5 Å². The second-order valence-electron chi connectivity index (χ2n) is 13.7. The molecule has 0 aliphatic rings. The van der Waals surface area contributed by atoms with Crippen LogP contribution in [0.2, 0.25) is 17.3 Å². The van der Waals surface area contributed by atoms with E-state index in [4.69, 9.17) is 5.79 Å². The molecule has 3 heterocycles. The number of benzene rings is 5. The van der Waals surface area contributed by atoms with Crippen molar-refractivity contribution >= 4 is 39.6 Å². The maximum atomic E-state index is 8.29. The Kier molecular flexibility index (Phi) is 10.7. The Morgan fingerprint density at radius 2 is 1.39 bits per heavy atom. The van der Waals surface area contributed by atoms with Crippen molar-refractivity contribution in [3.05, 3.63) is 164 Å². The number of rotatable bonds is 6. The first-order chi connectivity index (χ1) is 24.5. The number of aromatic nitrogens is 2. The van der Waals surface area contributed by atoms with E-state index in [1.54, 1.807) is 6.20 Å². The zero-order valence-corrected chi connectivity index (χ0v) is 34.0. The van der Waals surface area contributed by atoms with Gasteiger partial charge in [0.2, 0.25) is 0 Å². The SMILES string of the molecule is [2H]C(C)(C)c1ccnc(-c2[c-]cc3c(c2)oc2c(-c4ccccc4)cccc23)c1.[CH3][Ge]([CH3])([CH3])[c]1ccc(-c2[c-]ccc(-c3ccccc3)c2)nc1.[Ir]. The van der Waals surface area contributed by atoms with Crippen molar-refractivity contribution in [3.8, 4) is 44.8 Å². The van der Waals surface area contributed by atoms with Crippen LogP contribution in [0.3, 0.4) is 0 Å². The molecular weight excluding hydrogens is 861 g/mol. The number of para-hydroxylation sites is 1. The Morgan fingerprint density at radius 1 is 0.667 bits per heavy atom. The summed E-state index contributed by atoms with van der Waals surface area (Å²) in [7, 11) is 0. The maximum absolute atomic E-state index is 8.29. The average molecular weight is 903 g/mol. The van der Waals surface area contributed by atoms with Crippen LogP contribution in [0, 0.1) is 12.1 Å². The number of furan rings is 1. The third-order valence-electron chi connectivity index (χ3n) is 8.94. The molecule has 0 saturated heterocycles. The predicted octanol–water partition coefficient (Wildman–Crippen LogP) is 12.0. The third kappa shape index (κ3) is 8.15. The normalized spacial score (nSPS) is 11.7. The molecule has 8 aromatic rings. The van der Waals surface area contributed by atoms with Crippen molar-refractivity contribution in [1.29, 1.82) is 0 Å². The molecule has 0 fully saturated rings. The van der Waals surface area contributed by atoms with Gasteiger partial charge >= 0.3 is 135 Å². The van der Waals surface area contributed by atoms with Crippen LogP contribution >= 0.6 is 0 Å². The molecule has 0 aliphatic heterocycles. The summed E-state index contributed by atoms with van der Waals surface area (Å²) in [4.78, 5) is 9.16. The van der Waals surface area contributed by atoms with Gasteiger partial charge in [0.05, 0.1) is 5.58 Å². The minimum atomic E-state index is -1.79. The van der Waals surface area contributed by atoms with Gasteiger partial charge in [-0.3, -0.25) is 0 Å². The quantitative estimate of drug-likeness (QED) is 0.123. The van der Waals surface area contributed by atoms with Crippen molar-refractivity contribution in [3.63, 3.8) is 0 Å². The zero-order valence-electron chi connectivity index (χ0n) is 30.5. The standard InChI is InChI=1S/C26H20NO.C20H20GeN.Ir/c1-17(2)19-13-14-27-24(15-19)20-11-12-22-23-10-6-9-21(18-7-4-3-5-8-18)26(23)28-25(22)16-20;1-21(2,3)19-12-13-20(22-15-19)18-11-7-10-17(14-18)16-8-5-4-6-9-16;/h3-10,12-17H,1-2H3;4-10,12-15H,1-3H3;/q2*-1;/i17D;;. The van der Waals surface area contributed by atoms with Crippen LogP contribution in [0.5, 0.6) is 0 Å². The van der Waals surface area contributed by atoms with Gasteiger partial charge in [-0.25, -0.2) is 0 Å². The van der Waals surface area contributed by atoms with E-state index in [0.717, 1.165) is 61.1 Å². The van der Waals surface area contributed by atoms with E-state index < -0.39 is 19.2 Å². The molecule has 0 N–H and O–H groups in total. The van der Waals surface area contributed by atoms with Crippen LogP contribution in [0.25, 0.3) is 66.7 Å². The van der Waals surface area contributed by atoms with E-state index in [1.807, 2.05) is 68.4 Å². The summed E-state index contributed by atoms with van der Waals surface area (Å²) in [5, 5.41) is 2.12. The first kappa shape index (κ1) is 34.8. The zero-order chi connectivity index (χ0) is 35.6. The van der Waals surface area contributed by atoms with Gasteiger partial charge in [-0.2, -0.15) is 0 Å². The van der Waals surface area contributed by atoms with Crippen molar-refractivity contribution in [2.24, 2.45) is 0 Å². The molecule has 0 aliphatic carbocycles. The Hall–Kier alpha value is -4.61. The van der Waals surface area contributed by atoms with Crippen LogP contribution in [-0.4, -0.2) is 23.2 Å². The molecule has 3 nitrogen and oxygen atoms in total. The van der Waals surface area contributed by atoms with Crippen LogP contribution in [0.1, 0.15) is 26.7 Å². The number of pyridine rings is 2. The van der Waals surface area contributed by atoms with Crippen molar-refractivity contribution < 1.29 is 25.9 Å². The monoisotopic (exact) mass is 904 g/mol. The van der Waals surface area contributed by atoms with Gasteiger partial charge in [0, 0.05) is 33.2 Å².